The summed E-state index contributed by atoms with van der Waals surface area (Å²) >= 11 is 0. The zero-order valence-electron chi connectivity index (χ0n) is 11.3. The summed E-state index contributed by atoms with van der Waals surface area (Å²) in [4.78, 5) is 4.15. The van der Waals surface area contributed by atoms with Gasteiger partial charge in [-0.25, -0.2) is 0 Å². The molecule has 94 valence electrons. The Morgan fingerprint density at radius 2 is 2.00 bits per heavy atom. The average Bonchev–Trinajstić information content (AvgIpc) is 2.97. The van der Waals surface area contributed by atoms with Crippen molar-refractivity contribution in [3.63, 3.8) is 0 Å². The standard InChI is InChI=1S/C14H12N4O/c1-19-12-7-5-11(6-8-12)18-10-16-17-14(18)13-4-2-3-9-15-13/h2-10H,1H3/i9D. The van der Waals surface area contributed by atoms with E-state index in [2.05, 4.69) is 15.2 Å². The zero-order chi connectivity index (χ0) is 13.9. The third-order valence-corrected chi connectivity index (χ3v) is 2.74. The highest BCUT2D eigenvalue weighted by molar-refractivity contribution is 5.53. The Kier molecular flexibility index (Phi) is 2.64. The maximum Gasteiger partial charge on any atom is 0.186 e. The van der Waals surface area contributed by atoms with Crippen LogP contribution in [0.3, 0.4) is 0 Å². The van der Waals surface area contributed by atoms with Crippen molar-refractivity contribution in [2.45, 2.75) is 0 Å². The van der Waals surface area contributed by atoms with E-state index in [-0.39, 0.29) is 6.17 Å². The number of benzene rings is 1. The summed E-state index contributed by atoms with van der Waals surface area (Å²) in [6.07, 6.45) is 1.82. The predicted molar refractivity (Wildman–Crippen MR) is 71.1 cm³/mol. The third kappa shape index (κ3) is 2.18. The van der Waals surface area contributed by atoms with E-state index < -0.39 is 0 Å². The van der Waals surface area contributed by atoms with E-state index in [0.717, 1.165) is 11.4 Å². The molecule has 0 aliphatic carbocycles. The molecule has 0 bridgehead atoms. The predicted octanol–water partition coefficient (Wildman–Crippen LogP) is 2.34. The van der Waals surface area contributed by atoms with E-state index in [1.165, 1.54) is 0 Å². The molecular formula is C14H12N4O. The minimum atomic E-state index is 0.201. The number of methoxy groups -OCH3 is 1. The van der Waals surface area contributed by atoms with Gasteiger partial charge in [0, 0.05) is 11.9 Å². The minimum Gasteiger partial charge on any atom is -0.497 e. The summed E-state index contributed by atoms with van der Waals surface area (Å²) < 4.78 is 14.5. The van der Waals surface area contributed by atoms with Crippen LogP contribution in [0.4, 0.5) is 0 Å². The second kappa shape index (κ2) is 4.89. The number of ether oxygens (including phenoxy) is 1. The van der Waals surface area contributed by atoms with Crippen molar-refractivity contribution in [1.82, 2.24) is 19.7 Å². The van der Waals surface area contributed by atoms with Crippen molar-refractivity contribution in [3.05, 3.63) is 55.0 Å². The summed E-state index contributed by atoms with van der Waals surface area (Å²) in [6, 6.07) is 12.8. The van der Waals surface area contributed by atoms with Crippen molar-refractivity contribution >= 4 is 0 Å². The molecular weight excluding hydrogens is 240 g/mol. The van der Waals surface area contributed by atoms with Gasteiger partial charge in [-0.3, -0.25) is 9.55 Å². The van der Waals surface area contributed by atoms with Crippen LogP contribution in [0.2, 0.25) is 0 Å². The lowest BCUT2D eigenvalue weighted by Crippen LogP contribution is -1.97. The zero-order valence-corrected chi connectivity index (χ0v) is 10.3. The lowest BCUT2D eigenvalue weighted by molar-refractivity contribution is 0.415. The summed E-state index contributed by atoms with van der Waals surface area (Å²) in [5.41, 5.74) is 1.52. The molecule has 0 radical (unpaired) electrons. The lowest BCUT2D eigenvalue weighted by atomic mass is 10.3. The van der Waals surface area contributed by atoms with Crippen LogP contribution < -0.4 is 4.74 Å². The van der Waals surface area contributed by atoms with Crippen LogP contribution in [0, 0.1) is 0 Å². The maximum atomic E-state index is 7.58. The molecule has 0 fully saturated rings. The normalized spacial score (nSPS) is 11.1. The van der Waals surface area contributed by atoms with E-state index in [1.807, 2.05) is 34.9 Å². The first-order valence-corrected chi connectivity index (χ1v) is 5.76. The molecule has 1 aromatic carbocycles. The Hall–Kier alpha value is -2.69. The van der Waals surface area contributed by atoms with Crippen LogP contribution in [-0.2, 0) is 0 Å². The van der Waals surface area contributed by atoms with E-state index in [0.29, 0.717) is 11.5 Å². The maximum absolute atomic E-state index is 7.58. The highest BCUT2D eigenvalue weighted by Gasteiger charge is 2.09. The molecule has 0 unspecified atom stereocenters. The number of nitrogens with zero attached hydrogens (tertiary/aromatic N) is 4. The average molecular weight is 253 g/mol. The topological polar surface area (TPSA) is 52.8 Å². The van der Waals surface area contributed by atoms with Gasteiger partial charge in [0.05, 0.1) is 8.48 Å². The Morgan fingerprint density at radius 3 is 2.74 bits per heavy atom. The van der Waals surface area contributed by atoms with Crippen LogP contribution in [0.5, 0.6) is 5.75 Å². The van der Waals surface area contributed by atoms with Crippen molar-refractivity contribution in [2.24, 2.45) is 0 Å². The van der Waals surface area contributed by atoms with E-state index >= 15 is 0 Å². The second-order valence-electron chi connectivity index (χ2n) is 3.87. The van der Waals surface area contributed by atoms with E-state index in [1.54, 1.807) is 25.6 Å². The first-order chi connectivity index (χ1) is 9.78. The van der Waals surface area contributed by atoms with Gasteiger partial charge >= 0.3 is 0 Å². The number of aromatic nitrogens is 4. The van der Waals surface area contributed by atoms with E-state index in [9.17, 15) is 0 Å². The Morgan fingerprint density at radius 1 is 1.16 bits per heavy atom. The quantitative estimate of drug-likeness (QED) is 0.719. The third-order valence-electron chi connectivity index (χ3n) is 2.74. The molecule has 0 N–H and O–H groups in total. The van der Waals surface area contributed by atoms with Crippen LogP contribution in [-0.4, -0.2) is 26.9 Å². The first-order valence-electron chi connectivity index (χ1n) is 6.26. The van der Waals surface area contributed by atoms with Crippen LogP contribution in [0.1, 0.15) is 1.37 Å². The van der Waals surface area contributed by atoms with Gasteiger partial charge in [0.1, 0.15) is 17.8 Å². The van der Waals surface area contributed by atoms with Gasteiger partial charge in [-0.15, -0.1) is 10.2 Å². The molecule has 5 nitrogen and oxygen atoms in total. The monoisotopic (exact) mass is 253 g/mol. The fourth-order valence-corrected chi connectivity index (χ4v) is 1.79. The molecule has 2 heterocycles. The number of hydrogen-bond donors (Lipinski definition) is 0. The largest absolute Gasteiger partial charge is 0.497 e. The molecule has 0 aliphatic heterocycles. The second-order valence-corrected chi connectivity index (χ2v) is 3.87. The van der Waals surface area contributed by atoms with Gasteiger partial charge in [-0.05, 0) is 36.4 Å². The number of rotatable bonds is 3. The molecule has 0 spiro atoms. The lowest BCUT2D eigenvalue weighted by Gasteiger charge is -2.06. The van der Waals surface area contributed by atoms with Crippen molar-refractivity contribution in [1.29, 1.82) is 0 Å². The van der Waals surface area contributed by atoms with Crippen LogP contribution in [0.25, 0.3) is 17.2 Å². The Balaban J connectivity index is 2.05. The van der Waals surface area contributed by atoms with Gasteiger partial charge in [0.15, 0.2) is 5.82 Å². The highest BCUT2D eigenvalue weighted by atomic mass is 16.5. The Bertz CT molecular complexity index is 724. The van der Waals surface area contributed by atoms with E-state index in [4.69, 9.17) is 6.11 Å². The summed E-state index contributed by atoms with van der Waals surface area (Å²) in [5.74, 6) is 1.39. The summed E-state index contributed by atoms with van der Waals surface area (Å²) in [7, 11) is 1.63. The Labute approximate surface area is 111 Å². The van der Waals surface area contributed by atoms with Gasteiger partial charge < -0.3 is 4.74 Å². The minimum absolute atomic E-state index is 0.201. The van der Waals surface area contributed by atoms with Crippen molar-refractivity contribution in [3.8, 4) is 23.0 Å². The van der Waals surface area contributed by atoms with Crippen molar-refractivity contribution < 1.29 is 6.11 Å². The van der Waals surface area contributed by atoms with Gasteiger partial charge in [0.25, 0.3) is 0 Å². The molecule has 0 saturated heterocycles. The fraction of sp³-hybridized carbons (Fsp3) is 0.0714. The molecule has 19 heavy (non-hydrogen) atoms. The molecule has 5 heteroatoms. The van der Waals surface area contributed by atoms with Gasteiger partial charge in [-0.2, -0.15) is 0 Å². The number of pyridine rings is 1. The molecule has 0 aliphatic rings. The number of hydrogen-bond acceptors (Lipinski definition) is 4. The van der Waals surface area contributed by atoms with Gasteiger partial charge in [0.2, 0.25) is 0 Å². The SMILES string of the molecule is [2H]c1cccc(-c2nncn2-c2ccc(OC)cc2)n1. The molecule has 2 aromatic heterocycles. The summed E-state index contributed by atoms with van der Waals surface area (Å²) in [5, 5.41) is 8.01. The van der Waals surface area contributed by atoms with Crippen molar-refractivity contribution in [2.75, 3.05) is 7.11 Å². The summed E-state index contributed by atoms with van der Waals surface area (Å²) in [6.45, 7) is 0. The van der Waals surface area contributed by atoms with Gasteiger partial charge in [-0.1, -0.05) is 6.07 Å². The highest BCUT2D eigenvalue weighted by Crippen LogP contribution is 2.20. The molecule has 0 atom stereocenters. The molecule has 0 amide bonds. The first kappa shape index (κ1) is 10.3. The smallest absolute Gasteiger partial charge is 0.186 e. The molecule has 3 aromatic rings. The molecule has 3 rings (SSSR count). The van der Waals surface area contributed by atoms with Crippen LogP contribution >= 0.6 is 0 Å². The van der Waals surface area contributed by atoms with Crippen LogP contribution in [0.15, 0.2) is 55.0 Å². The fourth-order valence-electron chi connectivity index (χ4n) is 1.79. The molecule has 0 saturated carbocycles.